The van der Waals surface area contributed by atoms with Crippen molar-refractivity contribution in [3.05, 3.63) is 65.9 Å². The zero-order valence-electron chi connectivity index (χ0n) is 18.1. The Bertz CT molecular complexity index is 1420. The number of nitrogens with zero attached hydrogens (tertiary/aromatic N) is 4. The summed E-state index contributed by atoms with van der Waals surface area (Å²) in [4.78, 5) is 19.5. The Morgan fingerprint density at radius 1 is 1.12 bits per heavy atom. The van der Waals surface area contributed by atoms with Crippen LogP contribution in [0.15, 0.2) is 53.7 Å². The normalized spacial score (nSPS) is 15.2. The third-order valence-electron chi connectivity index (χ3n) is 6.29. The van der Waals surface area contributed by atoms with Gasteiger partial charge in [0.1, 0.15) is 22.7 Å². The Morgan fingerprint density at radius 2 is 2.00 bits per heavy atom. The number of hydrogen-bond donors (Lipinski definition) is 1. The van der Waals surface area contributed by atoms with Crippen LogP contribution in [0.4, 0.5) is 5.82 Å². The number of nitrogens with one attached hydrogen (secondary N) is 1. The number of aromatic nitrogens is 4. The smallest absolute Gasteiger partial charge is 0.152 e. The average Bonchev–Trinajstić information content (AvgIpc) is 3.45. The van der Waals surface area contributed by atoms with Crippen LogP contribution in [0.1, 0.15) is 37.0 Å². The van der Waals surface area contributed by atoms with Crippen LogP contribution in [-0.2, 0) is 19.4 Å². The summed E-state index contributed by atoms with van der Waals surface area (Å²) < 4.78 is 6.82. The molecule has 5 aromatic rings. The molecule has 1 aliphatic carbocycles. The molecule has 6 nitrogen and oxygen atoms in total. The molecule has 0 spiro atoms. The fourth-order valence-corrected chi connectivity index (χ4v) is 5.76. The first-order chi connectivity index (χ1) is 15.6. The molecule has 1 N–H and O–H groups in total. The van der Waals surface area contributed by atoms with E-state index in [2.05, 4.69) is 29.1 Å². The zero-order chi connectivity index (χ0) is 21.7. The van der Waals surface area contributed by atoms with Gasteiger partial charge in [-0.3, -0.25) is 4.98 Å². The molecule has 0 saturated heterocycles. The summed E-state index contributed by atoms with van der Waals surface area (Å²) in [5, 5.41) is 4.67. The minimum atomic E-state index is 0.242. The molecule has 0 radical (unpaired) electrons. The topological polar surface area (TPSA) is 76.7 Å². The lowest BCUT2D eigenvalue weighted by Crippen LogP contribution is -2.23. The highest BCUT2D eigenvalue weighted by Gasteiger charge is 2.31. The van der Waals surface area contributed by atoms with E-state index in [0.29, 0.717) is 6.54 Å². The Balaban J connectivity index is 1.54. The second-order valence-electron chi connectivity index (χ2n) is 9.13. The summed E-state index contributed by atoms with van der Waals surface area (Å²) in [6.07, 6.45) is 10.1. The van der Waals surface area contributed by atoms with Gasteiger partial charge in [0.15, 0.2) is 5.76 Å². The van der Waals surface area contributed by atoms with Crippen molar-refractivity contribution in [2.75, 3.05) is 5.32 Å². The monoisotopic (exact) mass is 441 g/mol. The number of rotatable bonds is 4. The first-order valence-corrected chi connectivity index (χ1v) is 11.7. The third kappa shape index (κ3) is 3.24. The molecule has 6 rings (SSSR count). The first kappa shape index (κ1) is 19.4. The number of furan rings is 1. The van der Waals surface area contributed by atoms with Crippen LogP contribution in [0.5, 0.6) is 0 Å². The molecule has 0 aromatic carbocycles. The predicted octanol–water partition coefficient (Wildman–Crippen LogP) is 6.02. The Labute approximate surface area is 189 Å². The number of anilines is 1. The van der Waals surface area contributed by atoms with E-state index in [-0.39, 0.29) is 5.41 Å². The van der Waals surface area contributed by atoms with Gasteiger partial charge in [-0.25, -0.2) is 15.0 Å². The van der Waals surface area contributed by atoms with E-state index in [1.807, 2.05) is 24.3 Å². The van der Waals surface area contributed by atoms with E-state index in [1.54, 1.807) is 36.3 Å². The SMILES string of the molecule is CC1(C)CCc2c(-c3ccco3)nc3sc4c(NCc5ccncc5)ncnc4c3c2C1. The maximum Gasteiger partial charge on any atom is 0.152 e. The van der Waals surface area contributed by atoms with E-state index in [1.165, 1.54) is 16.5 Å². The van der Waals surface area contributed by atoms with Crippen molar-refractivity contribution in [2.45, 2.75) is 39.7 Å². The van der Waals surface area contributed by atoms with Crippen LogP contribution in [0, 0.1) is 5.41 Å². The van der Waals surface area contributed by atoms with Crippen molar-refractivity contribution in [2.24, 2.45) is 5.41 Å². The summed E-state index contributed by atoms with van der Waals surface area (Å²) in [5.41, 5.74) is 6.03. The molecule has 5 aromatic heterocycles. The minimum Gasteiger partial charge on any atom is -0.463 e. The molecule has 0 unspecified atom stereocenters. The molecule has 0 aliphatic heterocycles. The van der Waals surface area contributed by atoms with Crippen LogP contribution >= 0.6 is 11.3 Å². The Kier molecular flexibility index (Phi) is 4.47. The van der Waals surface area contributed by atoms with Gasteiger partial charge in [-0.05, 0) is 65.6 Å². The van der Waals surface area contributed by atoms with E-state index >= 15 is 0 Å². The largest absolute Gasteiger partial charge is 0.463 e. The van der Waals surface area contributed by atoms with Crippen molar-refractivity contribution in [3.8, 4) is 11.5 Å². The number of thiophene rings is 1. The fourth-order valence-electron chi connectivity index (χ4n) is 4.64. The van der Waals surface area contributed by atoms with Crippen molar-refractivity contribution < 1.29 is 4.42 Å². The lowest BCUT2D eigenvalue weighted by atomic mass is 9.73. The second-order valence-corrected chi connectivity index (χ2v) is 10.1. The first-order valence-electron chi connectivity index (χ1n) is 10.8. The van der Waals surface area contributed by atoms with Crippen molar-refractivity contribution in [1.82, 2.24) is 19.9 Å². The maximum absolute atomic E-state index is 5.77. The summed E-state index contributed by atoms with van der Waals surface area (Å²) >= 11 is 1.66. The van der Waals surface area contributed by atoms with Gasteiger partial charge in [-0.2, -0.15) is 0 Å². The quantitative estimate of drug-likeness (QED) is 0.367. The molecule has 0 bridgehead atoms. The minimum absolute atomic E-state index is 0.242. The zero-order valence-corrected chi connectivity index (χ0v) is 18.9. The Hall–Kier alpha value is -3.32. The third-order valence-corrected chi connectivity index (χ3v) is 7.37. The molecule has 1 aliphatic rings. The van der Waals surface area contributed by atoms with Gasteiger partial charge >= 0.3 is 0 Å². The van der Waals surface area contributed by atoms with Crippen molar-refractivity contribution in [3.63, 3.8) is 0 Å². The van der Waals surface area contributed by atoms with Gasteiger partial charge < -0.3 is 9.73 Å². The highest BCUT2D eigenvalue weighted by molar-refractivity contribution is 7.26. The van der Waals surface area contributed by atoms with Crippen LogP contribution in [0.25, 0.3) is 31.9 Å². The van der Waals surface area contributed by atoms with Crippen LogP contribution in [-0.4, -0.2) is 19.9 Å². The van der Waals surface area contributed by atoms with Crippen LogP contribution in [0.3, 0.4) is 0 Å². The predicted molar refractivity (Wildman–Crippen MR) is 128 cm³/mol. The van der Waals surface area contributed by atoms with E-state index in [4.69, 9.17) is 14.4 Å². The highest BCUT2D eigenvalue weighted by Crippen LogP contribution is 2.46. The van der Waals surface area contributed by atoms with E-state index in [9.17, 15) is 0 Å². The summed E-state index contributed by atoms with van der Waals surface area (Å²) in [7, 11) is 0. The summed E-state index contributed by atoms with van der Waals surface area (Å²) in [6.45, 7) is 5.37. The van der Waals surface area contributed by atoms with Gasteiger partial charge in [-0.1, -0.05) is 13.8 Å². The standard InChI is InChI=1S/C25H23N5OS/c1-25(2)8-5-16-17(12-25)19-21-22(32-24(19)30-20(16)18-4-3-11-31-18)23(29-14-28-21)27-13-15-6-9-26-10-7-15/h3-4,6-7,9-11,14H,5,8,12-13H2,1-2H3,(H,27,28,29). The molecule has 0 fully saturated rings. The van der Waals surface area contributed by atoms with Crippen molar-refractivity contribution in [1.29, 1.82) is 0 Å². The average molecular weight is 442 g/mol. The van der Waals surface area contributed by atoms with Gasteiger partial charge in [0, 0.05) is 24.3 Å². The van der Waals surface area contributed by atoms with Gasteiger partial charge in [0.25, 0.3) is 0 Å². The molecule has 0 amide bonds. The van der Waals surface area contributed by atoms with Gasteiger partial charge in [-0.15, -0.1) is 11.3 Å². The van der Waals surface area contributed by atoms with Gasteiger partial charge in [0.05, 0.1) is 16.5 Å². The number of hydrogen-bond acceptors (Lipinski definition) is 7. The van der Waals surface area contributed by atoms with Crippen LogP contribution in [0.2, 0.25) is 0 Å². The maximum atomic E-state index is 5.77. The van der Waals surface area contributed by atoms with E-state index in [0.717, 1.165) is 57.1 Å². The molecule has 0 saturated carbocycles. The van der Waals surface area contributed by atoms with Crippen LogP contribution < -0.4 is 5.32 Å². The second kappa shape index (κ2) is 7.38. The molecule has 5 heterocycles. The highest BCUT2D eigenvalue weighted by atomic mass is 32.1. The number of fused-ring (bicyclic) bond motifs is 5. The fraction of sp³-hybridized carbons (Fsp3) is 0.280. The molecular formula is C25H23N5OS. The molecule has 0 atom stereocenters. The number of pyridine rings is 2. The molecular weight excluding hydrogens is 418 g/mol. The summed E-state index contributed by atoms with van der Waals surface area (Å²) in [6, 6.07) is 7.94. The molecule has 32 heavy (non-hydrogen) atoms. The van der Waals surface area contributed by atoms with Gasteiger partial charge in [0.2, 0.25) is 0 Å². The summed E-state index contributed by atoms with van der Waals surface area (Å²) in [5.74, 6) is 1.68. The van der Waals surface area contributed by atoms with Crippen molar-refractivity contribution >= 4 is 37.6 Å². The van der Waals surface area contributed by atoms with E-state index < -0.39 is 0 Å². The Morgan fingerprint density at radius 3 is 2.81 bits per heavy atom. The molecule has 7 heteroatoms. The lowest BCUT2D eigenvalue weighted by molar-refractivity contribution is 0.316. The molecule has 160 valence electrons. The lowest BCUT2D eigenvalue weighted by Gasteiger charge is -2.32.